The number of rotatable bonds is 3. The van der Waals surface area contributed by atoms with E-state index in [1.807, 2.05) is 0 Å². The van der Waals surface area contributed by atoms with Crippen LogP contribution in [0.4, 0.5) is 10.8 Å². The second-order valence-electron chi connectivity index (χ2n) is 3.71. The van der Waals surface area contributed by atoms with E-state index in [0.717, 1.165) is 5.69 Å². The molecule has 0 saturated heterocycles. The Bertz CT molecular complexity index is 705. The summed E-state index contributed by atoms with van der Waals surface area (Å²) in [5.74, 6) is 0. The van der Waals surface area contributed by atoms with Crippen molar-refractivity contribution >= 4 is 64.0 Å². The zero-order valence-electron chi connectivity index (χ0n) is 9.65. The third-order valence-corrected chi connectivity index (χ3v) is 5.95. The van der Waals surface area contributed by atoms with Crippen molar-refractivity contribution in [2.45, 2.75) is 11.8 Å². The van der Waals surface area contributed by atoms with Crippen molar-refractivity contribution in [3.05, 3.63) is 32.2 Å². The molecular formula is C10H9Br2N3O2S2. The van der Waals surface area contributed by atoms with Crippen LogP contribution in [-0.2, 0) is 10.0 Å². The first-order valence-corrected chi connectivity index (χ1v) is 8.94. The van der Waals surface area contributed by atoms with Crippen LogP contribution in [0.15, 0.2) is 31.4 Å². The molecule has 102 valence electrons. The predicted molar refractivity (Wildman–Crippen MR) is 83.9 cm³/mol. The number of thiazole rings is 1. The molecule has 0 spiro atoms. The number of nitrogens with one attached hydrogen (secondary N) is 1. The lowest BCUT2D eigenvalue weighted by atomic mass is 10.3. The minimum Gasteiger partial charge on any atom is -0.398 e. The van der Waals surface area contributed by atoms with Crippen molar-refractivity contribution < 1.29 is 8.42 Å². The lowest BCUT2D eigenvalue weighted by Gasteiger charge is -2.10. The molecule has 1 aromatic heterocycles. The zero-order valence-corrected chi connectivity index (χ0v) is 14.5. The number of aryl methyl sites for hydroxylation is 1. The molecule has 0 radical (unpaired) electrons. The molecule has 5 nitrogen and oxygen atoms in total. The molecule has 0 saturated carbocycles. The Balaban J connectivity index is 2.45. The normalized spacial score (nSPS) is 11.5. The van der Waals surface area contributed by atoms with Crippen molar-refractivity contribution in [1.29, 1.82) is 0 Å². The van der Waals surface area contributed by atoms with Gasteiger partial charge in [-0.2, -0.15) is 0 Å². The Hall–Kier alpha value is -0.640. The van der Waals surface area contributed by atoms with E-state index in [2.05, 4.69) is 41.6 Å². The average Bonchev–Trinajstić information content (AvgIpc) is 2.60. The third kappa shape index (κ3) is 3.28. The molecule has 0 aliphatic rings. The summed E-state index contributed by atoms with van der Waals surface area (Å²) in [7, 11) is -3.77. The molecule has 0 atom stereocenters. The summed E-state index contributed by atoms with van der Waals surface area (Å²) in [5.41, 5.74) is 6.68. The minimum absolute atomic E-state index is 0.00329. The van der Waals surface area contributed by atoms with Gasteiger partial charge in [0, 0.05) is 14.3 Å². The van der Waals surface area contributed by atoms with E-state index >= 15 is 0 Å². The second kappa shape index (κ2) is 5.39. The Morgan fingerprint density at radius 3 is 2.58 bits per heavy atom. The highest BCUT2D eigenvalue weighted by molar-refractivity contribution is 9.11. The fraction of sp³-hybridized carbons (Fsp3) is 0.100. The summed E-state index contributed by atoms with van der Waals surface area (Å²) in [5, 5.41) is 2.07. The Labute approximate surface area is 131 Å². The highest BCUT2D eigenvalue weighted by Gasteiger charge is 2.22. The number of nitrogens with zero attached hydrogens (tertiary/aromatic N) is 1. The quantitative estimate of drug-likeness (QED) is 0.736. The molecular weight excluding hydrogens is 418 g/mol. The van der Waals surface area contributed by atoms with Gasteiger partial charge in [0.05, 0.1) is 11.4 Å². The Morgan fingerprint density at radius 1 is 1.37 bits per heavy atom. The molecule has 2 rings (SSSR count). The molecule has 0 aliphatic heterocycles. The summed E-state index contributed by atoms with van der Waals surface area (Å²) < 4.78 is 28.1. The molecule has 0 bridgehead atoms. The monoisotopic (exact) mass is 425 g/mol. The summed E-state index contributed by atoms with van der Waals surface area (Å²) in [6.07, 6.45) is 0. The largest absolute Gasteiger partial charge is 0.398 e. The first-order chi connectivity index (χ1) is 8.79. The molecule has 3 N–H and O–H groups in total. The molecule has 0 amide bonds. The van der Waals surface area contributed by atoms with Crippen molar-refractivity contribution in [3.8, 4) is 0 Å². The van der Waals surface area contributed by atoms with E-state index in [0.29, 0.717) is 14.1 Å². The van der Waals surface area contributed by atoms with Crippen molar-refractivity contribution in [1.82, 2.24) is 4.98 Å². The van der Waals surface area contributed by atoms with E-state index in [4.69, 9.17) is 5.73 Å². The highest BCUT2D eigenvalue weighted by atomic mass is 79.9. The summed E-state index contributed by atoms with van der Waals surface area (Å²) in [6, 6.07) is 3.16. The van der Waals surface area contributed by atoms with Gasteiger partial charge in [0.25, 0.3) is 10.0 Å². The number of hydrogen-bond acceptors (Lipinski definition) is 5. The van der Waals surface area contributed by atoms with E-state index in [1.54, 1.807) is 18.4 Å². The van der Waals surface area contributed by atoms with Gasteiger partial charge in [-0.15, -0.1) is 11.3 Å². The van der Waals surface area contributed by atoms with Gasteiger partial charge in [0.2, 0.25) is 0 Å². The van der Waals surface area contributed by atoms with Gasteiger partial charge in [-0.3, -0.25) is 4.72 Å². The minimum atomic E-state index is -3.77. The molecule has 1 aromatic carbocycles. The predicted octanol–water partition coefficient (Wildman–Crippen LogP) is 3.36. The number of benzene rings is 1. The Morgan fingerprint density at radius 2 is 2.05 bits per heavy atom. The first-order valence-electron chi connectivity index (χ1n) is 4.99. The van der Waals surface area contributed by atoms with Crippen LogP contribution in [0.2, 0.25) is 0 Å². The van der Waals surface area contributed by atoms with Crippen molar-refractivity contribution in [3.63, 3.8) is 0 Å². The van der Waals surface area contributed by atoms with Crippen LogP contribution < -0.4 is 10.5 Å². The lowest BCUT2D eigenvalue weighted by molar-refractivity contribution is 0.601. The second-order valence-corrected chi connectivity index (χ2v) is 7.95. The van der Waals surface area contributed by atoms with Gasteiger partial charge in [-0.05, 0) is 35.0 Å². The van der Waals surface area contributed by atoms with Crippen LogP contribution in [0.1, 0.15) is 5.69 Å². The van der Waals surface area contributed by atoms with Gasteiger partial charge in [-0.1, -0.05) is 15.9 Å². The molecule has 0 fully saturated rings. The van der Waals surface area contributed by atoms with E-state index in [-0.39, 0.29) is 10.6 Å². The number of halogens is 2. The zero-order chi connectivity index (χ0) is 14.2. The smallest absolute Gasteiger partial charge is 0.266 e. The molecule has 19 heavy (non-hydrogen) atoms. The number of nitrogen functional groups attached to an aromatic ring is 1. The molecule has 9 heteroatoms. The van der Waals surface area contributed by atoms with Gasteiger partial charge in [0.1, 0.15) is 4.90 Å². The molecule has 0 unspecified atom stereocenters. The standard InChI is InChI=1S/C10H9Br2N3O2S2/c1-5-4-18-10(14-5)15-19(16,17)9-7(12)2-6(11)3-8(9)13/h2-4H,13H2,1H3,(H,14,15). The molecule has 1 heterocycles. The topological polar surface area (TPSA) is 85.1 Å². The third-order valence-electron chi connectivity index (χ3n) is 2.15. The first kappa shape index (κ1) is 14.8. The highest BCUT2D eigenvalue weighted by Crippen LogP contribution is 2.33. The van der Waals surface area contributed by atoms with Crippen molar-refractivity contribution in [2.75, 3.05) is 10.5 Å². The summed E-state index contributed by atoms with van der Waals surface area (Å²) in [4.78, 5) is 4.06. The van der Waals surface area contributed by atoms with Crippen LogP contribution >= 0.6 is 43.2 Å². The van der Waals surface area contributed by atoms with E-state index in [1.165, 1.54) is 17.4 Å². The summed E-state index contributed by atoms with van der Waals surface area (Å²) >= 11 is 7.67. The maximum atomic E-state index is 12.3. The number of nitrogens with two attached hydrogens (primary N) is 1. The maximum Gasteiger partial charge on any atom is 0.266 e. The number of hydrogen-bond donors (Lipinski definition) is 2. The maximum absolute atomic E-state index is 12.3. The van der Waals surface area contributed by atoms with Crippen molar-refractivity contribution in [2.24, 2.45) is 0 Å². The summed E-state index contributed by atoms with van der Waals surface area (Å²) in [6.45, 7) is 1.79. The van der Waals surface area contributed by atoms with Gasteiger partial charge >= 0.3 is 0 Å². The van der Waals surface area contributed by atoms with Gasteiger partial charge < -0.3 is 5.73 Å². The Kier molecular flexibility index (Phi) is 4.19. The van der Waals surface area contributed by atoms with Crippen LogP contribution in [0.25, 0.3) is 0 Å². The van der Waals surface area contributed by atoms with E-state index in [9.17, 15) is 8.42 Å². The number of anilines is 2. The number of aromatic nitrogens is 1. The van der Waals surface area contributed by atoms with Crippen LogP contribution in [-0.4, -0.2) is 13.4 Å². The van der Waals surface area contributed by atoms with Crippen LogP contribution in [0.5, 0.6) is 0 Å². The lowest BCUT2D eigenvalue weighted by Crippen LogP contribution is -2.15. The molecule has 0 aliphatic carbocycles. The fourth-order valence-corrected chi connectivity index (χ4v) is 5.44. The number of sulfonamides is 1. The van der Waals surface area contributed by atoms with Crippen LogP contribution in [0, 0.1) is 6.92 Å². The van der Waals surface area contributed by atoms with Gasteiger partial charge in [0.15, 0.2) is 5.13 Å². The van der Waals surface area contributed by atoms with Gasteiger partial charge in [-0.25, -0.2) is 13.4 Å². The SMILES string of the molecule is Cc1csc(NS(=O)(=O)c2c(N)cc(Br)cc2Br)n1. The van der Waals surface area contributed by atoms with E-state index < -0.39 is 10.0 Å². The molecule has 2 aromatic rings. The van der Waals surface area contributed by atoms with Crippen LogP contribution in [0.3, 0.4) is 0 Å². The average molecular weight is 427 g/mol. The fourth-order valence-electron chi connectivity index (χ4n) is 1.43.